The van der Waals surface area contributed by atoms with Crippen molar-refractivity contribution in [1.29, 1.82) is 0 Å². The summed E-state index contributed by atoms with van der Waals surface area (Å²) in [4.78, 5) is 46.7. The molecule has 1 atom stereocenters. The molecule has 0 unspecified atom stereocenters. The van der Waals surface area contributed by atoms with Crippen molar-refractivity contribution < 1.29 is 14.3 Å². The second kappa shape index (κ2) is 10.0. The summed E-state index contributed by atoms with van der Waals surface area (Å²) >= 11 is 5.91. The van der Waals surface area contributed by atoms with Crippen LogP contribution in [0.5, 0.6) is 5.75 Å². The van der Waals surface area contributed by atoms with Crippen LogP contribution in [0.2, 0.25) is 5.02 Å². The quantitative estimate of drug-likeness (QED) is 0.578. The van der Waals surface area contributed by atoms with E-state index in [9.17, 15) is 14.4 Å². The highest BCUT2D eigenvalue weighted by Crippen LogP contribution is 2.21. The van der Waals surface area contributed by atoms with Gasteiger partial charge in [-0.15, -0.1) is 0 Å². The number of fused-ring (bicyclic) bond motifs is 1. The lowest BCUT2D eigenvalue weighted by Crippen LogP contribution is -2.52. The number of piperidine rings is 1. The van der Waals surface area contributed by atoms with Crippen LogP contribution in [0, 0.1) is 0 Å². The van der Waals surface area contributed by atoms with Crippen molar-refractivity contribution >= 4 is 34.4 Å². The van der Waals surface area contributed by atoms with Gasteiger partial charge in [-0.2, -0.15) is 0 Å². The molecule has 2 aromatic carbocycles. The number of amides is 2. The van der Waals surface area contributed by atoms with E-state index in [1.165, 1.54) is 0 Å². The van der Waals surface area contributed by atoms with E-state index in [4.69, 9.17) is 16.3 Å². The number of aromatic amines is 1. The summed E-state index contributed by atoms with van der Waals surface area (Å²) in [5.41, 5.74) is 0.207. The summed E-state index contributed by atoms with van der Waals surface area (Å²) in [5, 5.41) is 3.33. The third-order valence-electron chi connectivity index (χ3n) is 5.70. The van der Waals surface area contributed by atoms with Crippen LogP contribution in [0.3, 0.4) is 0 Å². The molecule has 1 aliphatic heterocycles. The highest BCUT2D eigenvalue weighted by molar-refractivity contribution is 6.30. The second-order valence-corrected chi connectivity index (χ2v) is 8.40. The molecule has 2 heterocycles. The maximum absolute atomic E-state index is 13.0. The van der Waals surface area contributed by atoms with Crippen LogP contribution in [0.4, 0.5) is 0 Å². The normalized spacial score (nSPS) is 15.3. The summed E-state index contributed by atoms with van der Waals surface area (Å²) in [6.07, 6.45) is 1.78. The van der Waals surface area contributed by atoms with Crippen molar-refractivity contribution in [3.05, 3.63) is 69.6 Å². The van der Waals surface area contributed by atoms with E-state index in [0.717, 1.165) is 5.75 Å². The average Bonchev–Trinajstić information content (AvgIpc) is 2.83. The van der Waals surface area contributed by atoms with Crippen LogP contribution in [-0.2, 0) is 4.79 Å². The third-order valence-corrected chi connectivity index (χ3v) is 5.95. The number of benzene rings is 2. The summed E-state index contributed by atoms with van der Waals surface area (Å²) in [7, 11) is 0. The SMILES string of the molecule is CC[C@H](NC(=O)c1nc2ccccc2[nH]c1=O)C(=O)N1CCC(Oc2ccc(Cl)cc2)CC1. The number of aromatic nitrogens is 2. The number of para-hydroxylation sites is 2. The Kier molecular flexibility index (Phi) is 6.93. The van der Waals surface area contributed by atoms with E-state index in [2.05, 4.69) is 15.3 Å². The molecule has 8 nitrogen and oxygen atoms in total. The molecule has 2 amide bonds. The number of halogens is 1. The summed E-state index contributed by atoms with van der Waals surface area (Å²) < 4.78 is 5.98. The van der Waals surface area contributed by atoms with E-state index < -0.39 is 17.5 Å². The van der Waals surface area contributed by atoms with Crippen LogP contribution in [0.15, 0.2) is 53.3 Å². The zero-order chi connectivity index (χ0) is 23.4. The fourth-order valence-corrected chi connectivity index (χ4v) is 3.99. The number of ether oxygens (including phenoxy) is 1. The Bertz CT molecular complexity index is 1200. The highest BCUT2D eigenvalue weighted by Gasteiger charge is 2.30. The first-order valence-corrected chi connectivity index (χ1v) is 11.3. The molecule has 1 fully saturated rings. The largest absolute Gasteiger partial charge is 0.490 e. The minimum Gasteiger partial charge on any atom is -0.490 e. The lowest BCUT2D eigenvalue weighted by molar-refractivity contribution is -0.135. The smallest absolute Gasteiger partial charge is 0.280 e. The molecule has 1 saturated heterocycles. The fraction of sp³-hybridized carbons (Fsp3) is 0.333. The van der Waals surface area contributed by atoms with Gasteiger partial charge < -0.3 is 19.9 Å². The molecule has 0 bridgehead atoms. The molecule has 0 radical (unpaired) electrons. The Hall–Kier alpha value is -3.39. The molecular formula is C24H25ClN4O4. The Morgan fingerprint density at radius 1 is 1.18 bits per heavy atom. The van der Waals surface area contributed by atoms with E-state index in [1.807, 2.05) is 19.1 Å². The highest BCUT2D eigenvalue weighted by atomic mass is 35.5. The summed E-state index contributed by atoms with van der Waals surface area (Å²) in [6, 6.07) is 13.4. The molecule has 1 aliphatic rings. The Morgan fingerprint density at radius 2 is 1.88 bits per heavy atom. The first-order valence-electron chi connectivity index (χ1n) is 11.0. The zero-order valence-electron chi connectivity index (χ0n) is 18.2. The van der Waals surface area contributed by atoms with E-state index in [1.54, 1.807) is 41.3 Å². The van der Waals surface area contributed by atoms with Gasteiger partial charge in [-0.1, -0.05) is 30.7 Å². The molecule has 172 valence electrons. The Labute approximate surface area is 195 Å². The predicted molar refractivity (Wildman–Crippen MR) is 126 cm³/mol. The maximum atomic E-state index is 13.0. The van der Waals surface area contributed by atoms with Gasteiger partial charge >= 0.3 is 0 Å². The van der Waals surface area contributed by atoms with Crippen molar-refractivity contribution in [3.63, 3.8) is 0 Å². The van der Waals surface area contributed by atoms with Crippen molar-refractivity contribution in [1.82, 2.24) is 20.2 Å². The van der Waals surface area contributed by atoms with Crippen LogP contribution in [-0.4, -0.2) is 51.9 Å². The molecular weight excluding hydrogens is 444 g/mol. The lowest BCUT2D eigenvalue weighted by Gasteiger charge is -2.34. The average molecular weight is 469 g/mol. The zero-order valence-corrected chi connectivity index (χ0v) is 19.0. The lowest BCUT2D eigenvalue weighted by atomic mass is 10.1. The molecule has 33 heavy (non-hydrogen) atoms. The van der Waals surface area contributed by atoms with Gasteiger partial charge in [-0.3, -0.25) is 14.4 Å². The van der Waals surface area contributed by atoms with Gasteiger partial charge in [0.15, 0.2) is 5.69 Å². The van der Waals surface area contributed by atoms with Crippen LogP contribution in [0.25, 0.3) is 11.0 Å². The Balaban J connectivity index is 1.36. The number of nitrogens with zero attached hydrogens (tertiary/aromatic N) is 2. The van der Waals surface area contributed by atoms with Crippen molar-refractivity contribution in [2.45, 2.75) is 38.3 Å². The number of likely N-dealkylation sites (tertiary alicyclic amines) is 1. The topological polar surface area (TPSA) is 104 Å². The molecule has 0 saturated carbocycles. The minimum absolute atomic E-state index is 0.00486. The molecule has 3 aromatic rings. The van der Waals surface area contributed by atoms with Crippen LogP contribution < -0.4 is 15.6 Å². The second-order valence-electron chi connectivity index (χ2n) is 7.96. The van der Waals surface area contributed by atoms with Gasteiger partial charge in [-0.25, -0.2) is 4.98 Å². The number of nitrogens with one attached hydrogen (secondary N) is 2. The van der Waals surface area contributed by atoms with Crippen LogP contribution >= 0.6 is 11.6 Å². The number of H-pyrrole nitrogens is 1. The molecule has 0 spiro atoms. The van der Waals surface area contributed by atoms with Crippen molar-refractivity contribution in [2.24, 2.45) is 0 Å². The predicted octanol–water partition coefficient (Wildman–Crippen LogP) is 3.15. The summed E-state index contributed by atoms with van der Waals surface area (Å²) in [6.45, 7) is 2.87. The minimum atomic E-state index is -0.737. The Morgan fingerprint density at radius 3 is 2.58 bits per heavy atom. The number of hydrogen-bond acceptors (Lipinski definition) is 5. The van der Waals surface area contributed by atoms with Gasteiger partial charge in [-0.05, 0) is 42.8 Å². The molecule has 1 aromatic heterocycles. The maximum Gasteiger partial charge on any atom is 0.280 e. The van der Waals surface area contributed by atoms with E-state index in [-0.39, 0.29) is 17.7 Å². The number of rotatable bonds is 6. The first-order chi connectivity index (χ1) is 15.9. The number of carbonyl (C=O) groups is 2. The van der Waals surface area contributed by atoms with E-state index >= 15 is 0 Å². The van der Waals surface area contributed by atoms with Gasteiger partial charge in [0, 0.05) is 31.0 Å². The third kappa shape index (κ3) is 5.34. The monoisotopic (exact) mass is 468 g/mol. The van der Waals surface area contributed by atoms with Crippen LogP contribution in [0.1, 0.15) is 36.7 Å². The van der Waals surface area contributed by atoms with Gasteiger partial charge in [0.1, 0.15) is 17.9 Å². The fourth-order valence-electron chi connectivity index (χ4n) is 3.87. The van der Waals surface area contributed by atoms with Gasteiger partial charge in [0.25, 0.3) is 11.5 Å². The number of carbonyl (C=O) groups excluding carboxylic acids is 2. The first kappa shape index (κ1) is 22.8. The molecule has 0 aliphatic carbocycles. The molecule has 9 heteroatoms. The molecule has 4 rings (SSSR count). The standard InChI is InChI=1S/C24H25ClN4O4/c1-2-18(27-22(30)21-23(31)28-20-6-4-3-5-19(20)26-21)24(32)29-13-11-17(12-14-29)33-16-9-7-15(25)8-10-16/h3-10,17-18H,2,11-14H2,1H3,(H,27,30)(H,28,31)/t18-/m0/s1. The molecule has 2 N–H and O–H groups in total. The summed E-state index contributed by atoms with van der Waals surface area (Å²) in [5.74, 6) is -0.0906. The van der Waals surface area contributed by atoms with Gasteiger partial charge in [0.2, 0.25) is 5.91 Å². The van der Waals surface area contributed by atoms with Gasteiger partial charge in [0.05, 0.1) is 11.0 Å². The van der Waals surface area contributed by atoms with Crippen molar-refractivity contribution in [2.75, 3.05) is 13.1 Å². The number of hydrogen-bond donors (Lipinski definition) is 2. The van der Waals surface area contributed by atoms with E-state index in [0.29, 0.717) is 48.4 Å². The van der Waals surface area contributed by atoms with Crippen molar-refractivity contribution in [3.8, 4) is 5.75 Å².